The fourth-order valence-electron chi connectivity index (χ4n) is 2.57. The van der Waals surface area contributed by atoms with E-state index in [0.717, 1.165) is 24.5 Å². The second-order valence-corrected chi connectivity index (χ2v) is 5.25. The lowest BCUT2D eigenvalue weighted by atomic mass is 10.2. The van der Waals surface area contributed by atoms with Crippen LogP contribution in [-0.2, 0) is 7.05 Å². The fourth-order valence-corrected chi connectivity index (χ4v) is 2.57. The van der Waals surface area contributed by atoms with Gasteiger partial charge in [0.1, 0.15) is 5.75 Å². The molecule has 116 valence electrons. The van der Waals surface area contributed by atoms with Gasteiger partial charge in [-0.05, 0) is 24.3 Å². The number of methoxy groups -OCH3 is 1. The third kappa shape index (κ3) is 2.88. The molecule has 2 aromatic rings. The number of rotatable bonds is 3. The molecule has 1 fully saturated rings. The van der Waals surface area contributed by atoms with Crippen molar-refractivity contribution in [3.63, 3.8) is 0 Å². The van der Waals surface area contributed by atoms with Crippen LogP contribution in [0.25, 0.3) is 0 Å². The number of nitrogens with zero attached hydrogens (tertiary/aromatic N) is 5. The molecule has 0 aliphatic carbocycles. The van der Waals surface area contributed by atoms with Gasteiger partial charge >= 0.3 is 0 Å². The summed E-state index contributed by atoms with van der Waals surface area (Å²) in [4.78, 5) is 16.4. The van der Waals surface area contributed by atoms with Crippen LogP contribution in [0.15, 0.2) is 30.5 Å². The number of hydrogen-bond acceptors (Lipinski definition) is 5. The van der Waals surface area contributed by atoms with Crippen LogP contribution in [0, 0.1) is 0 Å². The minimum Gasteiger partial charge on any atom is -0.497 e. The number of aryl methyl sites for hydroxylation is 1. The van der Waals surface area contributed by atoms with Crippen molar-refractivity contribution in [1.29, 1.82) is 0 Å². The molecule has 0 saturated carbocycles. The lowest BCUT2D eigenvalue weighted by molar-refractivity contribution is 0.0740. The first-order chi connectivity index (χ1) is 10.7. The van der Waals surface area contributed by atoms with E-state index >= 15 is 0 Å². The van der Waals surface area contributed by atoms with E-state index in [1.54, 1.807) is 25.0 Å². The highest BCUT2D eigenvalue weighted by molar-refractivity contribution is 5.92. The highest BCUT2D eigenvalue weighted by Gasteiger charge is 2.24. The monoisotopic (exact) mass is 301 g/mol. The number of piperazine rings is 1. The number of amides is 1. The Morgan fingerprint density at radius 3 is 2.36 bits per heavy atom. The van der Waals surface area contributed by atoms with Gasteiger partial charge in [-0.25, -0.2) is 0 Å². The standard InChI is InChI=1S/C15H19N5O2/c1-18-11-14(16-17-18)15(21)20-9-7-19(8-10-20)12-3-5-13(22-2)6-4-12/h3-6,11H,7-10H2,1-2H3. The Labute approximate surface area is 129 Å². The molecule has 7 heteroatoms. The highest BCUT2D eigenvalue weighted by atomic mass is 16.5. The van der Waals surface area contributed by atoms with Gasteiger partial charge in [0, 0.05) is 38.9 Å². The molecule has 0 N–H and O–H groups in total. The van der Waals surface area contributed by atoms with Gasteiger partial charge in [-0.15, -0.1) is 5.10 Å². The molecule has 1 aromatic carbocycles. The van der Waals surface area contributed by atoms with E-state index in [0.29, 0.717) is 18.8 Å². The Morgan fingerprint density at radius 1 is 1.14 bits per heavy atom. The summed E-state index contributed by atoms with van der Waals surface area (Å²) in [5.74, 6) is 0.794. The van der Waals surface area contributed by atoms with Crippen LogP contribution in [0.1, 0.15) is 10.5 Å². The number of aromatic nitrogens is 3. The van der Waals surface area contributed by atoms with Crippen molar-refractivity contribution < 1.29 is 9.53 Å². The van der Waals surface area contributed by atoms with E-state index in [4.69, 9.17) is 4.74 Å². The van der Waals surface area contributed by atoms with Crippen LogP contribution in [-0.4, -0.2) is 59.1 Å². The topological polar surface area (TPSA) is 63.5 Å². The first-order valence-corrected chi connectivity index (χ1v) is 7.22. The normalized spacial score (nSPS) is 15.0. The molecule has 3 rings (SSSR count). The Morgan fingerprint density at radius 2 is 1.82 bits per heavy atom. The average molecular weight is 301 g/mol. The maximum atomic E-state index is 12.3. The summed E-state index contributed by atoms with van der Waals surface area (Å²) in [7, 11) is 3.41. The van der Waals surface area contributed by atoms with E-state index in [2.05, 4.69) is 15.2 Å². The molecule has 1 aliphatic rings. The Kier molecular flexibility index (Phi) is 3.95. The summed E-state index contributed by atoms with van der Waals surface area (Å²) in [6.07, 6.45) is 1.65. The number of carbonyl (C=O) groups excluding carboxylic acids is 1. The lowest BCUT2D eigenvalue weighted by Crippen LogP contribution is -2.48. The quantitative estimate of drug-likeness (QED) is 0.838. The number of hydrogen-bond donors (Lipinski definition) is 0. The molecule has 0 atom stereocenters. The van der Waals surface area contributed by atoms with Crippen molar-refractivity contribution in [1.82, 2.24) is 19.9 Å². The van der Waals surface area contributed by atoms with Crippen LogP contribution < -0.4 is 9.64 Å². The van der Waals surface area contributed by atoms with Crippen LogP contribution in [0.3, 0.4) is 0 Å². The Balaban J connectivity index is 1.61. The molecule has 0 spiro atoms. The Bertz CT molecular complexity index is 644. The van der Waals surface area contributed by atoms with Crippen LogP contribution >= 0.6 is 0 Å². The van der Waals surface area contributed by atoms with Gasteiger partial charge in [-0.2, -0.15) is 0 Å². The minimum atomic E-state index is -0.0533. The van der Waals surface area contributed by atoms with Crippen molar-refractivity contribution in [3.8, 4) is 5.75 Å². The van der Waals surface area contributed by atoms with Crippen LogP contribution in [0.4, 0.5) is 5.69 Å². The number of benzene rings is 1. The molecular formula is C15H19N5O2. The molecule has 1 aromatic heterocycles. The van der Waals surface area contributed by atoms with Gasteiger partial charge in [0.15, 0.2) is 5.69 Å². The molecule has 7 nitrogen and oxygen atoms in total. The summed E-state index contributed by atoms with van der Waals surface area (Å²) >= 11 is 0. The van der Waals surface area contributed by atoms with Crippen LogP contribution in [0.5, 0.6) is 5.75 Å². The molecule has 0 bridgehead atoms. The second-order valence-electron chi connectivity index (χ2n) is 5.25. The highest BCUT2D eigenvalue weighted by Crippen LogP contribution is 2.20. The zero-order valence-electron chi connectivity index (χ0n) is 12.8. The van der Waals surface area contributed by atoms with Crippen molar-refractivity contribution >= 4 is 11.6 Å². The molecule has 2 heterocycles. The molecule has 22 heavy (non-hydrogen) atoms. The molecule has 1 saturated heterocycles. The number of carbonyl (C=O) groups is 1. The second kappa shape index (κ2) is 6.05. The van der Waals surface area contributed by atoms with Gasteiger partial charge in [0.05, 0.1) is 13.3 Å². The average Bonchev–Trinajstić information content (AvgIpc) is 3.01. The predicted molar refractivity (Wildman–Crippen MR) is 82.1 cm³/mol. The predicted octanol–water partition coefficient (Wildman–Crippen LogP) is 0.786. The third-order valence-corrected chi connectivity index (χ3v) is 3.83. The van der Waals surface area contributed by atoms with Crippen molar-refractivity contribution in [2.75, 3.05) is 38.2 Å². The van der Waals surface area contributed by atoms with Crippen LogP contribution in [0.2, 0.25) is 0 Å². The van der Waals surface area contributed by atoms with Gasteiger partial charge in [-0.1, -0.05) is 5.21 Å². The number of ether oxygens (including phenoxy) is 1. The molecular weight excluding hydrogens is 282 g/mol. The minimum absolute atomic E-state index is 0.0533. The molecule has 0 radical (unpaired) electrons. The smallest absolute Gasteiger partial charge is 0.276 e. The lowest BCUT2D eigenvalue weighted by Gasteiger charge is -2.35. The van der Waals surface area contributed by atoms with Gasteiger partial charge in [0.25, 0.3) is 5.91 Å². The van der Waals surface area contributed by atoms with Crippen molar-refractivity contribution in [2.45, 2.75) is 0 Å². The summed E-state index contributed by atoms with van der Waals surface area (Å²) in [5.41, 5.74) is 1.55. The molecule has 0 unspecified atom stereocenters. The number of anilines is 1. The van der Waals surface area contributed by atoms with Gasteiger partial charge in [0.2, 0.25) is 0 Å². The van der Waals surface area contributed by atoms with E-state index < -0.39 is 0 Å². The third-order valence-electron chi connectivity index (χ3n) is 3.83. The summed E-state index contributed by atoms with van der Waals surface area (Å²) in [6.45, 7) is 2.97. The summed E-state index contributed by atoms with van der Waals surface area (Å²) < 4.78 is 6.71. The van der Waals surface area contributed by atoms with Crippen molar-refractivity contribution in [2.24, 2.45) is 7.05 Å². The first-order valence-electron chi connectivity index (χ1n) is 7.22. The molecule has 1 aliphatic heterocycles. The first kappa shape index (κ1) is 14.4. The van der Waals surface area contributed by atoms with Gasteiger partial charge < -0.3 is 14.5 Å². The zero-order chi connectivity index (χ0) is 15.5. The van der Waals surface area contributed by atoms with E-state index in [1.807, 2.05) is 29.2 Å². The van der Waals surface area contributed by atoms with Crippen molar-refractivity contribution in [3.05, 3.63) is 36.2 Å². The van der Waals surface area contributed by atoms with E-state index in [1.165, 1.54) is 0 Å². The van der Waals surface area contributed by atoms with E-state index in [-0.39, 0.29) is 5.91 Å². The maximum Gasteiger partial charge on any atom is 0.276 e. The SMILES string of the molecule is COc1ccc(N2CCN(C(=O)c3cn(C)nn3)CC2)cc1. The zero-order valence-corrected chi connectivity index (χ0v) is 12.8. The van der Waals surface area contributed by atoms with E-state index in [9.17, 15) is 4.79 Å². The largest absolute Gasteiger partial charge is 0.497 e. The Hall–Kier alpha value is -2.57. The summed E-state index contributed by atoms with van der Waals surface area (Å²) in [5, 5.41) is 7.69. The van der Waals surface area contributed by atoms with Gasteiger partial charge in [-0.3, -0.25) is 9.48 Å². The molecule has 1 amide bonds. The maximum absolute atomic E-state index is 12.3. The summed E-state index contributed by atoms with van der Waals surface area (Å²) in [6, 6.07) is 7.98. The fraction of sp³-hybridized carbons (Fsp3) is 0.400.